The van der Waals surface area contributed by atoms with Crippen molar-refractivity contribution in [2.45, 2.75) is 30.3 Å². The molecule has 0 spiro atoms. The Hall–Kier alpha value is -2.61. The zero-order valence-corrected chi connectivity index (χ0v) is 13.5. The van der Waals surface area contributed by atoms with Crippen LogP contribution in [0.4, 0.5) is 0 Å². The van der Waals surface area contributed by atoms with Gasteiger partial charge in [-0.05, 0) is 25.5 Å². The molecular formula is C15H15N5O2S. The first-order chi connectivity index (χ1) is 11.0. The summed E-state index contributed by atoms with van der Waals surface area (Å²) in [7, 11) is 0. The molecule has 3 aromatic rings. The second kappa shape index (κ2) is 5.88. The van der Waals surface area contributed by atoms with Crippen molar-refractivity contribution in [3.05, 3.63) is 52.2 Å². The van der Waals surface area contributed by atoms with Gasteiger partial charge in [0.05, 0.1) is 0 Å². The molecule has 2 N–H and O–H groups in total. The number of benzene rings is 1. The quantitative estimate of drug-likeness (QED) is 0.774. The van der Waals surface area contributed by atoms with E-state index in [1.807, 2.05) is 26.0 Å². The van der Waals surface area contributed by atoms with Gasteiger partial charge in [-0.2, -0.15) is 0 Å². The van der Waals surface area contributed by atoms with Gasteiger partial charge in [-0.3, -0.25) is 4.79 Å². The van der Waals surface area contributed by atoms with Crippen molar-refractivity contribution in [3.8, 4) is 0 Å². The third kappa shape index (κ3) is 2.98. The number of carbonyl (C=O) groups is 1. The van der Waals surface area contributed by atoms with Crippen molar-refractivity contribution in [2.24, 2.45) is 5.73 Å². The first-order valence-electron chi connectivity index (χ1n) is 6.93. The molecule has 23 heavy (non-hydrogen) atoms. The Kier molecular flexibility index (Phi) is 3.91. The van der Waals surface area contributed by atoms with Crippen molar-refractivity contribution in [3.63, 3.8) is 0 Å². The normalized spacial score (nSPS) is 11.0. The zero-order chi connectivity index (χ0) is 16.6. The molecule has 0 radical (unpaired) electrons. The number of aryl methyl sites for hydroxylation is 2. The van der Waals surface area contributed by atoms with Gasteiger partial charge in [-0.25, -0.2) is 18.9 Å². The SMILES string of the molecule is Cc1ccc(Sc2nccn3c(=O)n(CC(N)=O)nc23)c(C)c1. The molecule has 3 rings (SSSR count). The third-order valence-electron chi connectivity index (χ3n) is 3.31. The number of rotatable bonds is 4. The van der Waals surface area contributed by atoms with Crippen molar-refractivity contribution in [1.82, 2.24) is 19.2 Å². The van der Waals surface area contributed by atoms with Gasteiger partial charge in [0.2, 0.25) is 5.91 Å². The highest BCUT2D eigenvalue weighted by atomic mass is 32.2. The summed E-state index contributed by atoms with van der Waals surface area (Å²) in [5.41, 5.74) is 7.44. The number of fused-ring (bicyclic) bond motifs is 1. The van der Waals surface area contributed by atoms with Crippen LogP contribution in [0.2, 0.25) is 0 Å². The fourth-order valence-corrected chi connectivity index (χ4v) is 3.17. The van der Waals surface area contributed by atoms with E-state index >= 15 is 0 Å². The average Bonchev–Trinajstić information content (AvgIpc) is 2.79. The van der Waals surface area contributed by atoms with Crippen LogP contribution in [0.15, 0.2) is 45.3 Å². The van der Waals surface area contributed by atoms with Crippen molar-refractivity contribution in [1.29, 1.82) is 0 Å². The summed E-state index contributed by atoms with van der Waals surface area (Å²) in [6.07, 6.45) is 3.06. The molecule has 0 atom stereocenters. The molecule has 2 aromatic heterocycles. The predicted molar refractivity (Wildman–Crippen MR) is 86.5 cm³/mol. The Morgan fingerprint density at radius 1 is 1.35 bits per heavy atom. The van der Waals surface area contributed by atoms with E-state index in [-0.39, 0.29) is 6.54 Å². The van der Waals surface area contributed by atoms with Crippen molar-refractivity contribution in [2.75, 3.05) is 0 Å². The lowest BCUT2D eigenvalue weighted by molar-refractivity contribution is -0.118. The fraction of sp³-hybridized carbons (Fsp3) is 0.200. The molecule has 1 aromatic carbocycles. The van der Waals surface area contributed by atoms with Crippen LogP contribution in [-0.4, -0.2) is 25.1 Å². The maximum atomic E-state index is 12.2. The lowest BCUT2D eigenvalue weighted by Gasteiger charge is -2.06. The monoisotopic (exact) mass is 329 g/mol. The minimum atomic E-state index is -0.618. The molecular weight excluding hydrogens is 314 g/mol. The number of amides is 1. The second-order valence-corrected chi connectivity index (χ2v) is 6.23. The van der Waals surface area contributed by atoms with Crippen LogP contribution in [0.3, 0.4) is 0 Å². The Bertz CT molecular complexity index is 960. The standard InChI is InChI=1S/C15H15N5O2S/c1-9-3-4-11(10(2)7-9)23-14-13-18-20(8-12(16)21)15(22)19(13)6-5-17-14/h3-7H,8H2,1-2H3,(H2,16,21). The summed E-state index contributed by atoms with van der Waals surface area (Å²) in [5, 5.41) is 4.78. The summed E-state index contributed by atoms with van der Waals surface area (Å²) in [6, 6.07) is 6.12. The maximum Gasteiger partial charge on any atom is 0.350 e. The highest BCUT2D eigenvalue weighted by molar-refractivity contribution is 7.99. The van der Waals surface area contributed by atoms with E-state index in [1.54, 1.807) is 0 Å². The molecule has 8 heteroatoms. The molecule has 0 unspecified atom stereocenters. The Labute approximate surface area is 136 Å². The third-order valence-corrected chi connectivity index (χ3v) is 4.47. The van der Waals surface area contributed by atoms with Gasteiger partial charge in [0, 0.05) is 17.3 Å². The van der Waals surface area contributed by atoms with E-state index < -0.39 is 11.6 Å². The maximum absolute atomic E-state index is 12.2. The van der Waals surface area contributed by atoms with Gasteiger partial charge in [0.15, 0.2) is 5.65 Å². The minimum Gasteiger partial charge on any atom is -0.368 e. The molecule has 0 saturated carbocycles. The number of nitrogens with zero attached hydrogens (tertiary/aromatic N) is 4. The first-order valence-corrected chi connectivity index (χ1v) is 7.75. The summed E-state index contributed by atoms with van der Waals surface area (Å²) >= 11 is 1.43. The summed E-state index contributed by atoms with van der Waals surface area (Å²) in [5.74, 6) is -0.618. The van der Waals surface area contributed by atoms with E-state index in [4.69, 9.17) is 5.73 Å². The summed E-state index contributed by atoms with van der Waals surface area (Å²) < 4.78 is 2.41. The second-order valence-electron chi connectivity index (χ2n) is 5.20. The summed E-state index contributed by atoms with van der Waals surface area (Å²) in [4.78, 5) is 28.6. The molecule has 0 bridgehead atoms. The molecule has 7 nitrogen and oxygen atoms in total. The highest BCUT2D eigenvalue weighted by Gasteiger charge is 2.14. The van der Waals surface area contributed by atoms with E-state index in [0.29, 0.717) is 10.7 Å². The molecule has 0 saturated heterocycles. The van der Waals surface area contributed by atoms with Crippen LogP contribution >= 0.6 is 11.8 Å². The van der Waals surface area contributed by atoms with Gasteiger partial charge < -0.3 is 5.73 Å². The average molecular weight is 329 g/mol. The van der Waals surface area contributed by atoms with Crippen LogP contribution in [0.25, 0.3) is 5.65 Å². The van der Waals surface area contributed by atoms with E-state index in [0.717, 1.165) is 15.1 Å². The predicted octanol–water partition coefficient (Wildman–Crippen LogP) is 1.14. The van der Waals surface area contributed by atoms with Crippen LogP contribution in [-0.2, 0) is 11.3 Å². The smallest absolute Gasteiger partial charge is 0.350 e. The number of primary amides is 1. The Balaban J connectivity index is 2.07. The number of nitrogens with two attached hydrogens (primary N) is 1. The minimum absolute atomic E-state index is 0.256. The van der Waals surface area contributed by atoms with Crippen LogP contribution < -0.4 is 11.4 Å². The summed E-state index contributed by atoms with van der Waals surface area (Å²) in [6.45, 7) is 3.80. The van der Waals surface area contributed by atoms with Crippen LogP contribution in [0.5, 0.6) is 0 Å². The lowest BCUT2D eigenvalue weighted by atomic mass is 10.2. The molecule has 0 aliphatic heterocycles. The van der Waals surface area contributed by atoms with Gasteiger partial charge >= 0.3 is 5.69 Å². The van der Waals surface area contributed by atoms with Crippen molar-refractivity contribution >= 4 is 23.3 Å². The van der Waals surface area contributed by atoms with E-state index in [1.165, 1.54) is 34.1 Å². The molecule has 2 heterocycles. The van der Waals surface area contributed by atoms with Gasteiger partial charge in [0.25, 0.3) is 0 Å². The molecule has 0 aliphatic carbocycles. The van der Waals surface area contributed by atoms with Crippen LogP contribution in [0.1, 0.15) is 11.1 Å². The Morgan fingerprint density at radius 2 is 2.13 bits per heavy atom. The van der Waals surface area contributed by atoms with Gasteiger partial charge in [-0.1, -0.05) is 29.5 Å². The molecule has 0 fully saturated rings. The molecule has 1 amide bonds. The number of carbonyl (C=O) groups excluding carboxylic acids is 1. The van der Waals surface area contributed by atoms with Crippen LogP contribution in [0, 0.1) is 13.8 Å². The topological polar surface area (TPSA) is 95.3 Å². The lowest BCUT2D eigenvalue weighted by Crippen LogP contribution is -2.28. The number of hydrogen-bond acceptors (Lipinski definition) is 5. The van der Waals surface area contributed by atoms with Crippen molar-refractivity contribution < 1.29 is 4.79 Å². The largest absolute Gasteiger partial charge is 0.368 e. The van der Waals surface area contributed by atoms with E-state index in [9.17, 15) is 9.59 Å². The first kappa shape index (κ1) is 15.3. The Morgan fingerprint density at radius 3 is 2.83 bits per heavy atom. The van der Waals surface area contributed by atoms with Gasteiger partial charge in [-0.15, -0.1) is 5.10 Å². The zero-order valence-electron chi connectivity index (χ0n) is 12.7. The van der Waals surface area contributed by atoms with Gasteiger partial charge in [0.1, 0.15) is 11.6 Å². The molecule has 0 aliphatic rings. The van der Waals surface area contributed by atoms with E-state index in [2.05, 4.69) is 16.1 Å². The molecule has 118 valence electrons. The number of aromatic nitrogens is 4. The fourth-order valence-electron chi connectivity index (χ4n) is 2.27. The number of hydrogen-bond donors (Lipinski definition) is 1. The highest BCUT2D eigenvalue weighted by Crippen LogP contribution is 2.30.